The molecule has 0 heterocycles. The van der Waals surface area contributed by atoms with Crippen molar-refractivity contribution in [1.82, 2.24) is 4.72 Å². The molecule has 0 fully saturated rings. The number of nitro benzene ring substituents is 1. The normalized spacial score (nSPS) is 12.0. The summed E-state index contributed by atoms with van der Waals surface area (Å²) in [6, 6.07) is 8.94. The fourth-order valence-corrected chi connectivity index (χ4v) is 3.10. The molecule has 26 heavy (non-hydrogen) atoms. The Labute approximate surface area is 147 Å². The summed E-state index contributed by atoms with van der Waals surface area (Å²) in [4.78, 5) is 9.99. The minimum atomic E-state index is -4.55. The standard InChI is InChI=1S/C15H14F3N3O4S/c16-15(17,18)11-5-7-12(8-6-11)26(24,25)20-10-9-19-13-3-1-2-4-14(13)21(22)23/h1-8,19-20H,9-10H2. The Hall–Kier alpha value is -2.66. The van der Waals surface area contributed by atoms with Crippen molar-refractivity contribution in [1.29, 1.82) is 0 Å². The van der Waals surface area contributed by atoms with Gasteiger partial charge >= 0.3 is 6.18 Å². The molecule has 0 amide bonds. The molecule has 0 saturated heterocycles. The summed E-state index contributed by atoms with van der Waals surface area (Å²) in [6.07, 6.45) is -4.55. The molecule has 0 spiro atoms. The fraction of sp³-hybridized carbons (Fsp3) is 0.200. The predicted octanol–water partition coefficient (Wildman–Crippen LogP) is 3.00. The zero-order valence-corrected chi connectivity index (χ0v) is 14.0. The molecular weight excluding hydrogens is 375 g/mol. The van der Waals surface area contributed by atoms with Gasteiger partial charge in [-0.2, -0.15) is 13.2 Å². The van der Waals surface area contributed by atoms with Crippen LogP contribution in [0.3, 0.4) is 0 Å². The molecule has 0 unspecified atom stereocenters. The van der Waals surface area contributed by atoms with Crippen LogP contribution in [0.25, 0.3) is 0 Å². The van der Waals surface area contributed by atoms with Gasteiger partial charge in [-0.1, -0.05) is 12.1 Å². The summed E-state index contributed by atoms with van der Waals surface area (Å²) in [5.41, 5.74) is -0.876. The molecule has 0 aliphatic heterocycles. The number of sulfonamides is 1. The van der Waals surface area contributed by atoms with Crippen LogP contribution in [0.5, 0.6) is 0 Å². The van der Waals surface area contributed by atoms with Crippen LogP contribution in [0.4, 0.5) is 24.5 Å². The second-order valence-electron chi connectivity index (χ2n) is 5.12. The lowest BCUT2D eigenvalue weighted by Crippen LogP contribution is -2.29. The van der Waals surface area contributed by atoms with Gasteiger partial charge in [0.05, 0.1) is 15.4 Å². The molecule has 2 aromatic carbocycles. The second kappa shape index (κ2) is 7.70. The summed E-state index contributed by atoms with van der Waals surface area (Å²) in [6.45, 7) is -0.0693. The number of nitro groups is 1. The number of nitrogens with zero attached hydrogens (tertiary/aromatic N) is 1. The van der Waals surface area contributed by atoms with E-state index in [-0.39, 0.29) is 29.4 Å². The van der Waals surface area contributed by atoms with Gasteiger partial charge in [-0.05, 0) is 30.3 Å². The third-order valence-corrected chi connectivity index (χ3v) is 4.80. The fourth-order valence-electron chi connectivity index (χ4n) is 2.07. The SMILES string of the molecule is O=[N+]([O-])c1ccccc1NCCNS(=O)(=O)c1ccc(C(F)(F)F)cc1. The Morgan fingerprint density at radius 2 is 1.62 bits per heavy atom. The first kappa shape index (κ1) is 19.7. The maximum absolute atomic E-state index is 12.5. The van der Waals surface area contributed by atoms with Crippen LogP contribution in [-0.2, 0) is 16.2 Å². The summed E-state index contributed by atoms with van der Waals surface area (Å²) >= 11 is 0. The largest absolute Gasteiger partial charge is 0.416 e. The zero-order chi connectivity index (χ0) is 19.4. The van der Waals surface area contributed by atoms with Crippen LogP contribution in [0, 0.1) is 10.1 Å². The lowest BCUT2D eigenvalue weighted by Gasteiger charge is -2.10. The molecule has 7 nitrogen and oxygen atoms in total. The third kappa shape index (κ3) is 4.92. The van der Waals surface area contributed by atoms with Gasteiger partial charge in [-0.25, -0.2) is 13.1 Å². The molecule has 11 heteroatoms. The quantitative estimate of drug-likeness (QED) is 0.431. The van der Waals surface area contributed by atoms with Gasteiger partial charge in [0.15, 0.2) is 0 Å². The van der Waals surface area contributed by atoms with Crippen LogP contribution >= 0.6 is 0 Å². The first-order valence-electron chi connectivity index (χ1n) is 7.25. The lowest BCUT2D eigenvalue weighted by atomic mass is 10.2. The van der Waals surface area contributed by atoms with E-state index in [1.807, 2.05) is 0 Å². The lowest BCUT2D eigenvalue weighted by molar-refractivity contribution is -0.384. The number of benzene rings is 2. The first-order valence-corrected chi connectivity index (χ1v) is 8.74. The molecule has 0 bridgehead atoms. The number of halogens is 3. The summed E-state index contributed by atoms with van der Waals surface area (Å²) in [7, 11) is -3.99. The molecule has 140 valence electrons. The molecule has 0 aliphatic carbocycles. The zero-order valence-electron chi connectivity index (χ0n) is 13.2. The van der Waals surface area contributed by atoms with E-state index >= 15 is 0 Å². The number of alkyl halides is 3. The molecule has 0 aromatic heterocycles. The molecule has 2 rings (SSSR count). The van der Waals surface area contributed by atoms with Crippen LogP contribution in [0.1, 0.15) is 5.56 Å². The van der Waals surface area contributed by atoms with Crippen LogP contribution in [0.2, 0.25) is 0 Å². The van der Waals surface area contributed by atoms with E-state index in [9.17, 15) is 31.7 Å². The Morgan fingerprint density at radius 3 is 2.19 bits per heavy atom. The average molecular weight is 389 g/mol. The number of rotatable bonds is 7. The number of nitrogens with one attached hydrogen (secondary N) is 2. The first-order chi connectivity index (χ1) is 12.1. The van der Waals surface area contributed by atoms with Crippen LogP contribution in [0.15, 0.2) is 53.4 Å². The van der Waals surface area contributed by atoms with Gasteiger partial charge in [0.1, 0.15) is 5.69 Å². The molecule has 2 aromatic rings. The smallest absolute Gasteiger partial charge is 0.378 e. The van der Waals surface area contributed by atoms with Gasteiger partial charge in [-0.3, -0.25) is 10.1 Å². The Balaban J connectivity index is 1.96. The number of hydrogen-bond acceptors (Lipinski definition) is 5. The van der Waals surface area contributed by atoms with E-state index in [2.05, 4.69) is 10.0 Å². The van der Waals surface area contributed by atoms with Gasteiger partial charge in [0.2, 0.25) is 10.0 Å². The highest BCUT2D eigenvalue weighted by Crippen LogP contribution is 2.29. The molecule has 2 N–H and O–H groups in total. The molecule has 0 saturated carbocycles. The Morgan fingerprint density at radius 1 is 1.00 bits per heavy atom. The van der Waals surface area contributed by atoms with Crippen LogP contribution in [-0.4, -0.2) is 26.4 Å². The number of anilines is 1. The van der Waals surface area contributed by atoms with Crippen LogP contribution < -0.4 is 10.0 Å². The highest BCUT2D eigenvalue weighted by Gasteiger charge is 2.30. The number of hydrogen-bond donors (Lipinski definition) is 2. The summed E-state index contributed by atoms with van der Waals surface area (Å²) in [5.74, 6) is 0. The average Bonchev–Trinajstić information content (AvgIpc) is 2.58. The third-order valence-electron chi connectivity index (χ3n) is 3.33. The number of para-hydroxylation sites is 2. The minimum absolute atomic E-state index is 0.0463. The topological polar surface area (TPSA) is 101 Å². The monoisotopic (exact) mass is 389 g/mol. The van der Waals surface area contributed by atoms with E-state index in [0.29, 0.717) is 12.1 Å². The van der Waals surface area contributed by atoms with Crippen molar-refractivity contribution in [3.05, 3.63) is 64.2 Å². The molecular formula is C15H14F3N3O4S. The highest BCUT2D eigenvalue weighted by molar-refractivity contribution is 7.89. The molecule has 0 aliphatic rings. The van der Waals surface area contributed by atoms with Crippen molar-refractivity contribution in [2.24, 2.45) is 0 Å². The summed E-state index contributed by atoms with van der Waals surface area (Å²) < 4.78 is 63.8. The van der Waals surface area contributed by atoms with Crippen molar-refractivity contribution in [2.75, 3.05) is 18.4 Å². The van der Waals surface area contributed by atoms with E-state index in [0.717, 1.165) is 12.1 Å². The minimum Gasteiger partial charge on any atom is -0.378 e. The maximum atomic E-state index is 12.5. The Kier molecular flexibility index (Phi) is 5.83. The van der Waals surface area contributed by atoms with E-state index in [4.69, 9.17) is 0 Å². The van der Waals surface area contributed by atoms with Crippen molar-refractivity contribution in [3.8, 4) is 0 Å². The van der Waals surface area contributed by atoms with E-state index < -0.39 is 26.7 Å². The van der Waals surface area contributed by atoms with Crippen molar-refractivity contribution >= 4 is 21.4 Å². The highest BCUT2D eigenvalue weighted by atomic mass is 32.2. The Bertz CT molecular complexity index is 884. The van der Waals surface area contributed by atoms with Gasteiger partial charge in [-0.15, -0.1) is 0 Å². The van der Waals surface area contributed by atoms with E-state index in [1.54, 1.807) is 6.07 Å². The van der Waals surface area contributed by atoms with Crippen molar-refractivity contribution < 1.29 is 26.5 Å². The molecule has 0 atom stereocenters. The van der Waals surface area contributed by atoms with Gasteiger partial charge in [0.25, 0.3) is 5.69 Å². The van der Waals surface area contributed by atoms with Crippen molar-refractivity contribution in [2.45, 2.75) is 11.1 Å². The van der Waals surface area contributed by atoms with Gasteiger partial charge < -0.3 is 5.32 Å². The second-order valence-corrected chi connectivity index (χ2v) is 6.89. The van der Waals surface area contributed by atoms with Crippen molar-refractivity contribution in [3.63, 3.8) is 0 Å². The predicted molar refractivity (Wildman–Crippen MR) is 88.2 cm³/mol. The van der Waals surface area contributed by atoms with E-state index in [1.165, 1.54) is 18.2 Å². The summed E-state index contributed by atoms with van der Waals surface area (Å²) in [5, 5.41) is 13.6. The van der Waals surface area contributed by atoms with Gasteiger partial charge in [0, 0.05) is 19.2 Å². The maximum Gasteiger partial charge on any atom is 0.416 e. The molecule has 0 radical (unpaired) electrons.